The van der Waals surface area contributed by atoms with Crippen LogP contribution in [0.4, 0.5) is 0 Å². The van der Waals surface area contributed by atoms with Gasteiger partial charge in [-0.25, -0.2) is 0 Å². The normalized spacial score (nSPS) is 20.8. The van der Waals surface area contributed by atoms with Gasteiger partial charge in [0.25, 0.3) is 0 Å². The van der Waals surface area contributed by atoms with E-state index in [1.54, 1.807) is 0 Å². The molecule has 0 aromatic carbocycles. The van der Waals surface area contributed by atoms with Crippen molar-refractivity contribution in [1.82, 2.24) is 0 Å². The van der Waals surface area contributed by atoms with Crippen molar-refractivity contribution >= 4 is 31.9 Å². The molecule has 0 bridgehead atoms. The van der Waals surface area contributed by atoms with Gasteiger partial charge in [0, 0.05) is 10.7 Å². The molecule has 0 saturated heterocycles. The van der Waals surface area contributed by atoms with Crippen LogP contribution in [0.3, 0.4) is 0 Å². The van der Waals surface area contributed by atoms with E-state index in [0.29, 0.717) is 5.41 Å². The van der Waals surface area contributed by atoms with E-state index in [1.807, 2.05) is 0 Å². The molecule has 1 aliphatic rings. The third-order valence-corrected chi connectivity index (χ3v) is 6.44. The number of rotatable bonds is 6. The van der Waals surface area contributed by atoms with Crippen LogP contribution in [-0.2, 0) is 0 Å². The summed E-state index contributed by atoms with van der Waals surface area (Å²) in [5, 5.41) is 2.33. The predicted octanol–water partition coefficient (Wildman–Crippen LogP) is 5.39. The Morgan fingerprint density at radius 1 is 1.20 bits per heavy atom. The number of halogens is 2. The second-order valence-corrected chi connectivity index (χ2v) is 6.45. The van der Waals surface area contributed by atoms with Crippen LogP contribution < -0.4 is 0 Å². The Hall–Kier alpha value is 0.960. The first-order chi connectivity index (χ1) is 7.18. The minimum absolute atomic E-state index is 0.520. The Kier molecular flexibility index (Phi) is 6.20. The standard InChI is InChI=1S/C13H24Br2/c1-3-11(2)8-13(9-14,10-15)12-6-4-5-7-12/h11-12H,3-10H2,1-2H3. The molecule has 15 heavy (non-hydrogen) atoms. The Bertz CT molecular complexity index is 169. The van der Waals surface area contributed by atoms with Crippen LogP contribution in [0, 0.1) is 17.3 Å². The van der Waals surface area contributed by atoms with Gasteiger partial charge >= 0.3 is 0 Å². The summed E-state index contributed by atoms with van der Waals surface area (Å²) in [6, 6.07) is 0. The molecule has 0 nitrogen and oxygen atoms in total. The van der Waals surface area contributed by atoms with E-state index in [1.165, 1.54) is 49.2 Å². The molecule has 0 aromatic rings. The van der Waals surface area contributed by atoms with Gasteiger partial charge in [-0.2, -0.15) is 0 Å². The van der Waals surface area contributed by atoms with Gasteiger partial charge in [0.15, 0.2) is 0 Å². The van der Waals surface area contributed by atoms with Crippen LogP contribution in [0.25, 0.3) is 0 Å². The smallest absolute Gasteiger partial charge is 0.00987 e. The molecule has 0 N–H and O–H groups in total. The van der Waals surface area contributed by atoms with Crippen molar-refractivity contribution in [3.8, 4) is 0 Å². The second kappa shape index (κ2) is 6.64. The first-order valence-electron chi connectivity index (χ1n) is 6.30. The minimum atomic E-state index is 0.520. The van der Waals surface area contributed by atoms with Crippen LogP contribution in [0.15, 0.2) is 0 Å². The van der Waals surface area contributed by atoms with Crippen molar-refractivity contribution in [1.29, 1.82) is 0 Å². The van der Waals surface area contributed by atoms with E-state index >= 15 is 0 Å². The molecule has 0 amide bonds. The van der Waals surface area contributed by atoms with Gasteiger partial charge in [-0.05, 0) is 36.5 Å². The lowest BCUT2D eigenvalue weighted by molar-refractivity contribution is 0.182. The molecule has 0 heterocycles. The average Bonchev–Trinajstić information content (AvgIpc) is 2.79. The number of hydrogen-bond donors (Lipinski definition) is 0. The Labute approximate surface area is 112 Å². The third kappa shape index (κ3) is 3.46. The van der Waals surface area contributed by atoms with E-state index in [4.69, 9.17) is 0 Å². The monoisotopic (exact) mass is 338 g/mol. The van der Waals surface area contributed by atoms with E-state index in [9.17, 15) is 0 Å². The molecular formula is C13H24Br2. The maximum atomic E-state index is 3.77. The molecule has 2 heteroatoms. The fourth-order valence-electron chi connectivity index (χ4n) is 2.91. The Morgan fingerprint density at radius 3 is 2.13 bits per heavy atom. The first-order valence-corrected chi connectivity index (χ1v) is 8.54. The molecule has 1 aliphatic carbocycles. The van der Waals surface area contributed by atoms with E-state index in [-0.39, 0.29) is 0 Å². The summed E-state index contributed by atoms with van der Waals surface area (Å²) >= 11 is 7.54. The fraction of sp³-hybridized carbons (Fsp3) is 1.00. The molecule has 1 atom stereocenters. The zero-order chi connectivity index (χ0) is 11.3. The molecule has 0 spiro atoms. The summed E-state index contributed by atoms with van der Waals surface area (Å²) in [5.41, 5.74) is 0.520. The van der Waals surface area contributed by atoms with Gasteiger partial charge in [0.1, 0.15) is 0 Å². The molecule has 1 saturated carbocycles. The summed E-state index contributed by atoms with van der Waals surface area (Å²) in [7, 11) is 0. The lowest BCUT2D eigenvalue weighted by atomic mass is 9.72. The number of hydrogen-bond acceptors (Lipinski definition) is 0. The Balaban J connectivity index is 2.66. The van der Waals surface area contributed by atoms with Crippen LogP contribution in [0.2, 0.25) is 0 Å². The number of alkyl halides is 2. The molecule has 1 fully saturated rings. The van der Waals surface area contributed by atoms with Crippen molar-refractivity contribution < 1.29 is 0 Å². The second-order valence-electron chi connectivity index (χ2n) is 5.33. The van der Waals surface area contributed by atoms with Gasteiger partial charge in [0.05, 0.1) is 0 Å². The molecular weight excluding hydrogens is 316 g/mol. The highest BCUT2D eigenvalue weighted by atomic mass is 79.9. The lowest BCUT2D eigenvalue weighted by Crippen LogP contribution is -2.34. The van der Waals surface area contributed by atoms with Gasteiger partial charge < -0.3 is 0 Å². The van der Waals surface area contributed by atoms with E-state index in [0.717, 1.165) is 11.8 Å². The van der Waals surface area contributed by atoms with Crippen molar-refractivity contribution in [3.05, 3.63) is 0 Å². The van der Waals surface area contributed by atoms with Gasteiger partial charge in [0.2, 0.25) is 0 Å². The van der Waals surface area contributed by atoms with Crippen molar-refractivity contribution in [2.75, 3.05) is 10.7 Å². The maximum absolute atomic E-state index is 3.77. The van der Waals surface area contributed by atoms with Crippen molar-refractivity contribution in [3.63, 3.8) is 0 Å². The zero-order valence-electron chi connectivity index (χ0n) is 10.1. The van der Waals surface area contributed by atoms with Gasteiger partial charge in [-0.15, -0.1) is 0 Å². The summed E-state index contributed by atoms with van der Waals surface area (Å²) in [4.78, 5) is 0. The first kappa shape index (κ1) is 14.0. The predicted molar refractivity (Wildman–Crippen MR) is 76.1 cm³/mol. The van der Waals surface area contributed by atoms with Crippen LogP contribution in [-0.4, -0.2) is 10.7 Å². The summed E-state index contributed by atoms with van der Waals surface area (Å²) in [6.45, 7) is 4.71. The van der Waals surface area contributed by atoms with Gasteiger partial charge in [-0.3, -0.25) is 0 Å². The molecule has 0 radical (unpaired) electrons. The SMILES string of the molecule is CCC(C)CC(CBr)(CBr)C1CCCC1. The largest absolute Gasteiger partial charge is 0.0922 e. The van der Waals surface area contributed by atoms with Crippen molar-refractivity contribution in [2.24, 2.45) is 17.3 Å². The third-order valence-electron chi connectivity index (χ3n) is 4.21. The van der Waals surface area contributed by atoms with E-state index < -0.39 is 0 Å². The van der Waals surface area contributed by atoms with Crippen LogP contribution >= 0.6 is 31.9 Å². The Morgan fingerprint density at radius 2 is 1.73 bits per heavy atom. The molecule has 1 unspecified atom stereocenters. The maximum Gasteiger partial charge on any atom is 0.00987 e. The van der Waals surface area contributed by atoms with Crippen LogP contribution in [0.1, 0.15) is 52.4 Å². The van der Waals surface area contributed by atoms with Crippen LogP contribution in [0.5, 0.6) is 0 Å². The highest BCUT2D eigenvalue weighted by molar-refractivity contribution is 9.09. The topological polar surface area (TPSA) is 0 Å². The summed E-state index contributed by atoms with van der Waals surface area (Å²) in [5.74, 6) is 1.81. The molecule has 1 rings (SSSR count). The van der Waals surface area contributed by atoms with E-state index in [2.05, 4.69) is 45.7 Å². The minimum Gasteiger partial charge on any atom is -0.0922 e. The van der Waals surface area contributed by atoms with Crippen molar-refractivity contribution in [2.45, 2.75) is 52.4 Å². The zero-order valence-corrected chi connectivity index (χ0v) is 13.2. The average molecular weight is 340 g/mol. The highest BCUT2D eigenvalue weighted by Gasteiger charge is 2.39. The molecule has 0 aliphatic heterocycles. The highest BCUT2D eigenvalue weighted by Crippen LogP contribution is 2.46. The quantitative estimate of drug-likeness (QED) is 0.569. The van der Waals surface area contributed by atoms with Gasteiger partial charge in [-0.1, -0.05) is 65.0 Å². The fourth-order valence-corrected chi connectivity index (χ4v) is 5.21. The molecule has 90 valence electrons. The summed E-state index contributed by atoms with van der Waals surface area (Å²) < 4.78 is 0. The lowest BCUT2D eigenvalue weighted by Gasteiger charge is -2.38. The summed E-state index contributed by atoms with van der Waals surface area (Å²) in [6.07, 6.45) is 8.50. The molecule has 0 aromatic heterocycles.